The zero-order valence-corrected chi connectivity index (χ0v) is 18.5. The highest BCUT2D eigenvalue weighted by Gasteiger charge is 2.27. The van der Waals surface area contributed by atoms with Crippen LogP contribution in [0.25, 0.3) is 0 Å². The Bertz CT molecular complexity index is 803. The summed E-state index contributed by atoms with van der Waals surface area (Å²) in [7, 11) is -3.58. The van der Waals surface area contributed by atoms with Gasteiger partial charge in [0.15, 0.2) is 6.10 Å². The van der Waals surface area contributed by atoms with Gasteiger partial charge in [0.05, 0.1) is 10.5 Å². The van der Waals surface area contributed by atoms with Crippen molar-refractivity contribution in [2.45, 2.75) is 70.4 Å². The van der Waals surface area contributed by atoms with Crippen molar-refractivity contribution in [3.63, 3.8) is 0 Å². The van der Waals surface area contributed by atoms with Crippen molar-refractivity contribution in [3.05, 3.63) is 29.8 Å². The third-order valence-corrected chi connectivity index (χ3v) is 7.59. The average molecular weight is 425 g/mol. The van der Waals surface area contributed by atoms with Crippen LogP contribution in [-0.2, 0) is 19.6 Å². The number of hydrogen-bond donors (Lipinski definition) is 1. The van der Waals surface area contributed by atoms with Gasteiger partial charge in [0.1, 0.15) is 0 Å². The molecule has 29 heavy (non-hydrogen) atoms. The van der Waals surface area contributed by atoms with Gasteiger partial charge in [-0.3, -0.25) is 4.79 Å². The molecule has 1 aromatic rings. The molecule has 1 N–H and O–H groups in total. The maximum atomic E-state index is 12.5. The number of benzene rings is 1. The molecular formula is C21H32N2O5S. The van der Waals surface area contributed by atoms with Crippen molar-refractivity contribution in [2.75, 3.05) is 13.1 Å². The predicted octanol–water partition coefficient (Wildman–Crippen LogP) is 2.96. The SMILES string of the molecule is CCN(CC)S(=O)(=O)c1ccc(C(=O)O[C@@H](C)C(=O)N[C@@H]2CCCC[C@@H]2C)cc1. The van der Waals surface area contributed by atoms with Gasteiger partial charge >= 0.3 is 5.97 Å². The van der Waals surface area contributed by atoms with Gasteiger partial charge in [-0.2, -0.15) is 4.31 Å². The minimum Gasteiger partial charge on any atom is -0.449 e. The third-order valence-electron chi connectivity index (χ3n) is 5.53. The van der Waals surface area contributed by atoms with Crippen molar-refractivity contribution in [3.8, 4) is 0 Å². The number of rotatable bonds is 8. The van der Waals surface area contributed by atoms with E-state index in [4.69, 9.17) is 4.74 Å². The lowest BCUT2D eigenvalue weighted by molar-refractivity contribution is -0.130. The predicted molar refractivity (Wildman–Crippen MR) is 111 cm³/mol. The highest BCUT2D eigenvalue weighted by molar-refractivity contribution is 7.89. The molecule has 0 unspecified atom stereocenters. The molecule has 0 radical (unpaired) electrons. The largest absolute Gasteiger partial charge is 0.449 e. The van der Waals surface area contributed by atoms with Crippen molar-refractivity contribution < 1.29 is 22.7 Å². The average Bonchev–Trinajstić information content (AvgIpc) is 2.70. The van der Waals surface area contributed by atoms with Crippen molar-refractivity contribution in [2.24, 2.45) is 5.92 Å². The molecular weight excluding hydrogens is 392 g/mol. The summed E-state index contributed by atoms with van der Waals surface area (Å²) in [5.41, 5.74) is 0.203. The molecule has 0 heterocycles. The van der Waals surface area contributed by atoms with Crippen molar-refractivity contribution >= 4 is 21.9 Å². The standard InChI is InChI=1S/C21H32N2O5S/c1-5-23(6-2)29(26,27)18-13-11-17(12-14-18)21(25)28-16(4)20(24)22-19-10-8-7-9-15(19)3/h11-16,19H,5-10H2,1-4H3,(H,22,24)/t15-,16-,19+/m0/s1. The highest BCUT2D eigenvalue weighted by Crippen LogP contribution is 2.24. The molecule has 1 aromatic carbocycles. The first-order valence-electron chi connectivity index (χ1n) is 10.3. The lowest BCUT2D eigenvalue weighted by Crippen LogP contribution is -2.45. The van der Waals surface area contributed by atoms with Crippen LogP contribution < -0.4 is 5.32 Å². The maximum absolute atomic E-state index is 12.5. The smallest absolute Gasteiger partial charge is 0.338 e. The van der Waals surface area contributed by atoms with E-state index in [1.807, 2.05) is 0 Å². The molecule has 7 nitrogen and oxygen atoms in total. The Balaban J connectivity index is 1.98. The zero-order valence-electron chi connectivity index (χ0n) is 17.7. The highest BCUT2D eigenvalue weighted by atomic mass is 32.2. The van der Waals surface area contributed by atoms with Gasteiger partial charge in [0.2, 0.25) is 10.0 Å². The van der Waals surface area contributed by atoms with E-state index in [0.29, 0.717) is 19.0 Å². The topological polar surface area (TPSA) is 92.8 Å². The summed E-state index contributed by atoms with van der Waals surface area (Å²) in [6.07, 6.45) is 3.37. The third kappa shape index (κ3) is 5.79. The summed E-state index contributed by atoms with van der Waals surface area (Å²) in [4.78, 5) is 24.9. The van der Waals surface area contributed by atoms with E-state index < -0.39 is 22.1 Å². The lowest BCUT2D eigenvalue weighted by Gasteiger charge is -2.30. The van der Waals surface area contributed by atoms with Crippen LogP contribution >= 0.6 is 0 Å². The van der Waals surface area contributed by atoms with Crippen LogP contribution in [0.2, 0.25) is 0 Å². The summed E-state index contributed by atoms with van der Waals surface area (Å²) < 4.78 is 31.7. The van der Waals surface area contributed by atoms with Crippen LogP contribution in [0.3, 0.4) is 0 Å². The summed E-state index contributed by atoms with van der Waals surface area (Å²) in [5, 5.41) is 2.98. The van der Waals surface area contributed by atoms with Crippen molar-refractivity contribution in [1.82, 2.24) is 9.62 Å². The van der Waals surface area contributed by atoms with E-state index in [1.54, 1.807) is 20.8 Å². The van der Waals surface area contributed by atoms with Crippen LogP contribution in [0.5, 0.6) is 0 Å². The second-order valence-corrected chi connectivity index (χ2v) is 9.48. The Morgan fingerprint density at radius 2 is 1.72 bits per heavy atom. The second kappa shape index (κ2) is 10.2. The molecule has 0 saturated heterocycles. The molecule has 1 aliphatic carbocycles. The fourth-order valence-corrected chi connectivity index (χ4v) is 5.05. The number of sulfonamides is 1. The number of carbonyl (C=O) groups excluding carboxylic acids is 2. The van der Waals surface area contributed by atoms with Gasteiger partial charge in [0.25, 0.3) is 5.91 Å². The monoisotopic (exact) mass is 424 g/mol. The molecule has 0 aromatic heterocycles. The first kappa shape index (κ1) is 23.3. The fourth-order valence-electron chi connectivity index (χ4n) is 3.59. The van der Waals surface area contributed by atoms with Gasteiger partial charge < -0.3 is 10.1 Å². The number of hydrogen-bond acceptors (Lipinski definition) is 5. The minimum atomic E-state index is -3.58. The van der Waals surface area contributed by atoms with Gasteiger partial charge in [0, 0.05) is 19.1 Å². The van der Waals surface area contributed by atoms with Crippen molar-refractivity contribution in [1.29, 1.82) is 0 Å². The molecule has 1 saturated carbocycles. The molecule has 1 fully saturated rings. The van der Waals surface area contributed by atoms with Gasteiger partial charge in [-0.15, -0.1) is 0 Å². The van der Waals surface area contributed by atoms with Gasteiger partial charge in [-0.1, -0.05) is 33.6 Å². The molecule has 1 amide bonds. The van der Waals surface area contributed by atoms with Crippen LogP contribution in [0.15, 0.2) is 29.2 Å². The number of ether oxygens (including phenoxy) is 1. The normalized spacial score (nSPS) is 20.9. The molecule has 2 rings (SSSR count). The van der Waals surface area contributed by atoms with E-state index >= 15 is 0 Å². The van der Waals surface area contributed by atoms with Crippen LogP contribution in [0.1, 0.15) is 63.7 Å². The number of nitrogens with zero attached hydrogens (tertiary/aromatic N) is 1. The molecule has 0 spiro atoms. The summed E-state index contributed by atoms with van der Waals surface area (Å²) >= 11 is 0. The summed E-state index contributed by atoms with van der Waals surface area (Å²) in [6, 6.07) is 5.71. The molecule has 3 atom stereocenters. The number of nitrogens with one attached hydrogen (secondary N) is 1. The second-order valence-electron chi connectivity index (χ2n) is 7.54. The molecule has 0 bridgehead atoms. The van der Waals surface area contributed by atoms with Crippen LogP contribution in [-0.4, -0.2) is 49.8 Å². The van der Waals surface area contributed by atoms with Gasteiger partial charge in [-0.25, -0.2) is 13.2 Å². The van der Waals surface area contributed by atoms with Gasteiger partial charge in [-0.05, 0) is 49.9 Å². The van der Waals surface area contributed by atoms with E-state index in [-0.39, 0.29) is 22.4 Å². The molecule has 1 aliphatic rings. The minimum absolute atomic E-state index is 0.113. The maximum Gasteiger partial charge on any atom is 0.338 e. The van der Waals surface area contributed by atoms with Crippen LogP contribution in [0.4, 0.5) is 0 Å². The summed E-state index contributed by atoms with van der Waals surface area (Å²) in [6.45, 7) is 7.94. The Hall–Kier alpha value is -1.93. The number of amides is 1. The zero-order chi connectivity index (χ0) is 21.6. The van der Waals surface area contributed by atoms with E-state index in [2.05, 4.69) is 12.2 Å². The van der Waals surface area contributed by atoms with E-state index in [0.717, 1.165) is 19.3 Å². The number of carbonyl (C=O) groups is 2. The molecule has 162 valence electrons. The molecule has 8 heteroatoms. The quantitative estimate of drug-likeness (QED) is 0.648. The Morgan fingerprint density at radius 1 is 1.14 bits per heavy atom. The Kier molecular flexibility index (Phi) is 8.22. The lowest BCUT2D eigenvalue weighted by atomic mass is 9.86. The molecule has 0 aliphatic heterocycles. The Morgan fingerprint density at radius 3 is 2.28 bits per heavy atom. The fraction of sp³-hybridized carbons (Fsp3) is 0.619. The van der Waals surface area contributed by atoms with E-state index in [9.17, 15) is 18.0 Å². The van der Waals surface area contributed by atoms with Crippen LogP contribution in [0, 0.1) is 5.92 Å². The first-order chi connectivity index (χ1) is 13.7. The first-order valence-corrected chi connectivity index (χ1v) is 11.8. The number of esters is 1. The van der Waals surface area contributed by atoms with E-state index in [1.165, 1.54) is 35.0 Å². The summed E-state index contributed by atoms with van der Waals surface area (Å²) in [5.74, 6) is -0.551. The Labute approximate surface area is 173 Å².